The zero-order valence-electron chi connectivity index (χ0n) is 18.7. The Kier molecular flexibility index (Phi) is 6.44. The van der Waals surface area contributed by atoms with Crippen LogP contribution in [0.15, 0.2) is 48.7 Å². The fraction of sp³-hybridized carbons (Fsp3) is 0.370. The van der Waals surface area contributed by atoms with E-state index in [0.717, 1.165) is 36.9 Å². The van der Waals surface area contributed by atoms with Gasteiger partial charge in [-0.15, -0.1) is 0 Å². The molecule has 2 aromatic carbocycles. The van der Waals surface area contributed by atoms with Crippen LogP contribution < -0.4 is 0 Å². The van der Waals surface area contributed by atoms with Gasteiger partial charge in [-0.2, -0.15) is 10.2 Å². The summed E-state index contributed by atoms with van der Waals surface area (Å²) in [7, 11) is 0. The fourth-order valence-corrected chi connectivity index (χ4v) is 4.81. The minimum absolute atomic E-state index is 0.0378. The summed E-state index contributed by atoms with van der Waals surface area (Å²) in [4.78, 5) is 14.7. The number of ether oxygens (including phenoxy) is 1. The van der Waals surface area contributed by atoms with E-state index in [2.05, 4.69) is 10.2 Å². The van der Waals surface area contributed by atoms with Crippen molar-refractivity contribution in [2.45, 2.75) is 38.5 Å². The molecule has 5 nitrogen and oxygen atoms in total. The molecule has 3 aromatic rings. The molecule has 2 aliphatic rings. The van der Waals surface area contributed by atoms with Gasteiger partial charge >= 0.3 is 0 Å². The Balaban J connectivity index is 1.36. The Bertz CT molecular complexity index is 1160. The molecule has 0 saturated carbocycles. The van der Waals surface area contributed by atoms with Crippen molar-refractivity contribution in [3.63, 3.8) is 0 Å². The first-order valence-corrected chi connectivity index (χ1v) is 11.8. The average Bonchev–Trinajstić information content (AvgIpc) is 2.88. The van der Waals surface area contributed by atoms with Crippen LogP contribution in [-0.4, -0.2) is 47.3 Å². The van der Waals surface area contributed by atoms with E-state index in [9.17, 15) is 9.18 Å². The van der Waals surface area contributed by atoms with Crippen molar-refractivity contribution >= 4 is 5.91 Å². The van der Waals surface area contributed by atoms with E-state index in [4.69, 9.17) is 4.74 Å². The number of fused-ring (bicyclic) bond motifs is 1. The highest BCUT2D eigenvalue weighted by Gasteiger charge is 2.19. The number of aryl methyl sites for hydroxylation is 3. The zero-order chi connectivity index (χ0) is 22.6. The number of amides is 1. The molecule has 1 amide bonds. The Hall–Kier alpha value is -3.12. The van der Waals surface area contributed by atoms with Gasteiger partial charge in [0.1, 0.15) is 5.82 Å². The first-order valence-electron chi connectivity index (χ1n) is 11.8. The lowest BCUT2D eigenvalue weighted by molar-refractivity contribution is 0.0303. The van der Waals surface area contributed by atoms with Gasteiger partial charge in [0.05, 0.1) is 25.1 Å². The van der Waals surface area contributed by atoms with Gasteiger partial charge in [0.2, 0.25) is 0 Å². The molecule has 170 valence electrons. The van der Waals surface area contributed by atoms with E-state index in [1.54, 1.807) is 17.0 Å². The van der Waals surface area contributed by atoms with Crippen LogP contribution in [0.2, 0.25) is 0 Å². The smallest absolute Gasteiger partial charge is 0.254 e. The maximum absolute atomic E-state index is 14.8. The van der Waals surface area contributed by atoms with Crippen molar-refractivity contribution in [1.29, 1.82) is 0 Å². The van der Waals surface area contributed by atoms with Gasteiger partial charge in [-0.1, -0.05) is 18.2 Å². The molecule has 0 atom stereocenters. The highest BCUT2D eigenvalue weighted by molar-refractivity contribution is 5.95. The molecule has 1 aromatic heterocycles. The van der Waals surface area contributed by atoms with E-state index >= 15 is 0 Å². The summed E-state index contributed by atoms with van der Waals surface area (Å²) >= 11 is 0. The molecule has 1 fully saturated rings. The van der Waals surface area contributed by atoms with Crippen LogP contribution in [0.25, 0.3) is 11.1 Å². The molecule has 0 spiro atoms. The summed E-state index contributed by atoms with van der Waals surface area (Å²) < 4.78 is 20.1. The summed E-state index contributed by atoms with van der Waals surface area (Å²) in [6.45, 7) is 2.27. The Morgan fingerprint density at radius 2 is 1.88 bits per heavy atom. The van der Waals surface area contributed by atoms with E-state index in [-0.39, 0.29) is 11.7 Å². The van der Waals surface area contributed by atoms with Crippen molar-refractivity contribution < 1.29 is 13.9 Å². The predicted molar refractivity (Wildman–Crippen MR) is 125 cm³/mol. The molecule has 33 heavy (non-hydrogen) atoms. The fourth-order valence-electron chi connectivity index (χ4n) is 4.81. The molecule has 1 aliphatic carbocycles. The summed E-state index contributed by atoms with van der Waals surface area (Å²) in [5.74, 6) is -0.323. The molecule has 0 unspecified atom stereocenters. The first-order chi connectivity index (χ1) is 16.2. The van der Waals surface area contributed by atoms with Crippen LogP contribution in [0.4, 0.5) is 4.39 Å². The van der Waals surface area contributed by atoms with Gasteiger partial charge < -0.3 is 9.64 Å². The lowest BCUT2D eigenvalue weighted by atomic mass is 9.90. The third-order valence-corrected chi connectivity index (χ3v) is 6.65. The Labute approximate surface area is 193 Å². The van der Waals surface area contributed by atoms with E-state index in [0.29, 0.717) is 43.0 Å². The van der Waals surface area contributed by atoms with Gasteiger partial charge in [0.15, 0.2) is 0 Å². The second-order valence-electron chi connectivity index (χ2n) is 8.80. The number of halogens is 1. The highest BCUT2D eigenvalue weighted by atomic mass is 19.1. The zero-order valence-corrected chi connectivity index (χ0v) is 18.7. The molecular weight excluding hydrogens is 417 g/mol. The Morgan fingerprint density at radius 3 is 2.76 bits per heavy atom. The topological polar surface area (TPSA) is 55.3 Å². The number of aromatic nitrogens is 2. The minimum atomic E-state index is -0.286. The number of nitrogens with zero attached hydrogens (tertiary/aromatic N) is 3. The number of carbonyl (C=O) groups is 1. The number of morpholine rings is 1. The SMILES string of the molecule is O=C(c1cccc(-c2cc(CCc3nncc4c3CCCC4)ccc2F)c1)N1CCOCC1. The normalized spacial score (nSPS) is 15.8. The van der Waals surface area contributed by atoms with Crippen molar-refractivity contribution in [2.75, 3.05) is 26.3 Å². The van der Waals surface area contributed by atoms with Gasteiger partial charge in [-0.3, -0.25) is 4.79 Å². The molecule has 0 N–H and O–H groups in total. The second-order valence-corrected chi connectivity index (χ2v) is 8.80. The molecule has 6 heteroatoms. The maximum Gasteiger partial charge on any atom is 0.254 e. The molecule has 1 saturated heterocycles. The van der Waals surface area contributed by atoms with Gasteiger partial charge in [-0.25, -0.2) is 4.39 Å². The number of hydrogen-bond acceptors (Lipinski definition) is 4. The van der Waals surface area contributed by atoms with Crippen molar-refractivity contribution in [1.82, 2.24) is 15.1 Å². The number of rotatable bonds is 5. The van der Waals surface area contributed by atoms with Crippen molar-refractivity contribution in [3.8, 4) is 11.1 Å². The van der Waals surface area contributed by atoms with Gasteiger partial charge in [-0.05, 0) is 85.0 Å². The quantitative estimate of drug-likeness (QED) is 0.584. The molecule has 0 bridgehead atoms. The average molecular weight is 446 g/mol. The molecule has 5 rings (SSSR count). The Morgan fingerprint density at radius 1 is 1.03 bits per heavy atom. The molecule has 1 aliphatic heterocycles. The number of hydrogen-bond donors (Lipinski definition) is 0. The number of benzene rings is 2. The van der Waals surface area contributed by atoms with Crippen LogP contribution in [0.3, 0.4) is 0 Å². The second kappa shape index (κ2) is 9.79. The standard InChI is InChI=1S/C27H28FN3O2/c28-25-10-8-19(9-11-26-23-7-2-1-4-22(23)18-29-30-26)16-24(25)20-5-3-6-21(17-20)27(32)31-12-14-33-15-13-31/h3,5-6,8,10,16-18H,1-2,4,7,9,11-15H2. The van der Waals surface area contributed by atoms with E-state index < -0.39 is 0 Å². The maximum atomic E-state index is 14.8. The highest BCUT2D eigenvalue weighted by Crippen LogP contribution is 2.27. The molecule has 0 radical (unpaired) electrons. The summed E-state index contributed by atoms with van der Waals surface area (Å²) in [6, 6.07) is 12.5. The van der Waals surface area contributed by atoms with E-state index in [1.165, 1.54) is 30.0 Å². The first kappa shape index (κ1) is 21.7. The number of carbonyl (C=O) groups excluding carboxylic acids is 1. The lowest BCUT2D eigenvalue weighted by Crippen LogP contribution is -2.40. The van der Waals surface area contributed by atoms with Crippen molar-refractivity contribution in [3.05, 3.63) is 82.4 Å². The van der Waals surface area contributed by atoms with Crippen molar-refractivity contribution in [2.24, 2.45) is 0 Å². The van der Waals surface area contributed by atoms with Crippen LogP contribution in [-0.2, 0) is 30.4 Å². The summed E-state index contributed by atoms with van der Waals surface area (Å²) in [6.07, 6.45) is 8.02. The van der Waals surface area contributed by atoms with Gasteiger partial charge in [0, 0.05) is 24.2 Å². The van der Waals surface area contributed by atoms with Gasteiger partial charge in [0.25, 0.3) is 5.91 Å². The molecule has 2 heterocycles. The van der Waals surface area contributed by atoms with Crippen LogP contribution >= 0.6 is 0 Å². The van der Waals surface area contributed by atoms with Crippen LogP contribution in [0.1, 0.15) is 45.6 Å². The largest absolute Gasteiger partial charge is 0.378 e. The van der Waals surface area contributed by atoms with E-state index in [1.807, 2.05) is 30.5 Å². The van der Waals surface area contributed by atoms with Crippen LogP contribution in [0.5, 0.6) is 0 Å². The minimum Gasteiger partial charge on any atom is -0.378 e. The third kappa shape index (κ3) is 4.81. The summed E-state index contributed by atoms with van der Waals surface area (Å²) in [5.41, 5.74) is 6.60. The monoisotopic (exact) mass is 445 g/mol. The third-order valence-electron chi connectivity index (χ3n) is 6.65. The lowest BCUT2D eigenvalue weighted by Gasteiger charge is -2.27. The molecular formula is C27H28FN3O2. The van der Waals surface area contributed by atoms with Crippen LogP contribution in [0, 0.1) is 5.82 Å². The predicted octanol–water partition coefficient (Wildman–Crippen LogP) is 4.42. The summed E-state index contributed by atoms with van der Waals surface area (Å²) in [5, 5.41) is 8.61.